The third-order valence-corrected chi connectivity index (χ3v) is 9.10. The molecular formula is C38H24S. The molecule has 0 saturated carbocycles. The van der Waals surface area contributed by atoms with Gasteiger partial charge in [-0.05, 0) is 61.0 Å². The summed E-state index contributed by atoms with van der Waals surface area (Å²) in [6, 6.07) is 53.1. The molecule has 182 valence electrons. The van der Waals surface area contributed by atoms with Crippen molar-refractivity contribution in [3.8, 4) is 33.4 Å². The predicted molar refractivity (Wildman–Crippen MR) is 171 cm³/mol. The summed E-state index contributed by atoms with van der Waals surface area (Å²) in [6.45, 7) is 0. The highest BCUT2D eigenvalue weighted by atomic mass is 32.1. The second kappa shape index (κ2) is 8.94. The summed E-state index contributed by atoms with van der Waals surface area (Å²) in [4.78, 5) is 0. The molecule has 0 amide bonds. The average Bonchev–Trinajstić information content (AvgIpc) is 3.39. The average molecular weight is 513 g/mol. The van der Waals surface area contributed by atoms with Gasteiger partial charge in [-0.3, -0.25) is 0 Å². The molecule has 0 nitrogen and oxygen atoms in total. The van der Waals surface area contributed by atoms with Crippen LogP contribution in [0.4, 0.5) is 0 Å². The summed E-state index contributed by atoms with van der Waals surface area (Å²) in [5.74, 6) is 0. The molecule has 0 saturated heterocycles. The number of hydrogen-bond acceptors (Lipinski definition) is 1. The van der Waals surface area contributed by atoms with Crippen molar-refractivity contribution in [3.05, 3.63) is 146 Å². The van der Waals surface area contributed by atoms with Crippen LogP contribution in [-0.2, 0) is 0 Å². The molecule has 0 radical (unpaired) electrons. The van der Waals surface area contributed by atoms with Gasteiger partial charge in [-0.1, -0.05) is 140 Å². The van der Waals surface area contributed by atoms with E-state index < -0.39 is 0 Å². The summed E-state index contributed by atoms with van der Waals surface area (Å²) >= 11 is 1.89. The van der Waals surface area contributed by atoms with E-state index in [0.29, 0.717) is 0 Å². The minimum Gasteiger partial charge on any atom is -0.135 e. The van der Waals surface area contributed by atoms with E-state index >= 15 is 0 Å². The van der Waals surface area contributed by atoms with Gasteiger partial charge in [0.1, 0.15) is 0 Å². The Hall–Kier alpha value is -4.72. The number of hydrogen-bond donors (Lipinski definition) is 0. The van der Waals surface area contributed by atoms with Crippen LogP contribution in [0.3, 0.4) is 0 Å². The van der Waals surface area contributed by atoms with Crippen molar-refractivity contribution >= 4 is 53.1 Å². The number of benzene rings is 7. The fourth-order valence-corrected chi connectivity index (χ4v) is 7.38. The fraction of sp³-hybridized carbons (Fsp3) is 0. The molecule has 0 unspecified atom stereocenters. The lowest BCUT2D eigenvalue weighted by Gasteiger charge is -2.18. The van der Waals surface area contributed by atoms with Crippen molar-refractivity contribution in [3.63, 3.8) is 0 Å². The minimum absolute atomic E-state index is 1.24. The summed E-state index contributed by atoms with van der Waals surface area (Å²) < 4.78 is 2.70. The standard InChI is InChI=1S/C38H24S/c1-2-11-26(12-3-1)36-30-14-4-6-16-32(30)37(33-17-7-5-15-31(33)36)27-23-21-25(22-24-27)28-18-10-19-34-29-13-8-9-20-35(29)39-38(28)34/h1-24H. The van der Waals surface area contributed by atoms with Crippen molar-refractivity contribution in [2.24, 2.45) is 0 Å². The van der Waals surface area contributed by atoms with Crippen molar-refractivity contribution in [2.75, 3.05) is 0 Å². The number of fused-ring (bicyclic) bond motifs is 5. The largest absolute Gasteiger partial charge is 0.135 e. The third kappa shape index (κ3) is 3.51. The maximum atomic E-state index is 2.30. The Morgan fingerprint density at radius 1 is 0.308 bits per heavy atom. The molecule has 8 rings (SSSR count). The molecule has 1 aromatic heterocycles. The van der Waals surface area contributed by atoms with Crippen LogP contribution < -0.4 is 0 Å². The third-order valence-electron chi connectivity index (χ3n) is 7.88. The first-order valence-corrected chi connectivity index (χ1v) is 14.2. The molecule has 7 aromatic carbocycles. The molecule has 0 bridgehead atoms. The molecule has 1 heterocycles. The van der Waals surface area contributed by atoms with Gasteiger partial charge in [-0.15, -0.1) is 11.3 Å². The van der Waals surface area contributed by atoms with Crippen LogP contribution in [0.15, 0.2) is 146 Å². The molecule has 0 aliphatic carbocycles. The van der Waals surface area contributed by atoms with Crippen molar-refractivity contribution in [1.29, 1.82) is 0 Å². The predicted octanol–water partition coefficient (Wildman–Crippen LogP) is 11.4. The normalized spacial score (nSPS) is 11.6. The highest BCUT2D eigenvalue weighted by molar-refractivity contribution is 7.26. The first kappa shape index (κ1) is 22.3. The molecule has 1 heteroatoms. The van der Waals surface area contributed by atoms with Gasteiger partial charge in [0.25, 0.3) is 0 Å². The Balaban J connectivity index is 1.35. The Morgan fingerprint density at radius 3 is 1.38 bits per heavy atom. The van der Waals surface area contributed by atoms with Gasteiger partial charge in [0, 0.05) is 20.2 Å². The van der Waals surface area contributed by atoms with E-state index in [2.05, 4.69) is 146 Å². The van der Waals surface area contributed by atoms with Crippen LogP contribution >= 0.6 is 11.3 Å². The zero-order valence-corrected chi connectivity index (χ0v) is 22.1. The van der Waals surface area contributed by atoms with Crippen LogP contribution in [-0.4, -0.2) is 0 Å². The number of thiophene rings is 1. The quantitative estimate of drug-likeness (QED) is 0.207. The van der Waals surface area contributed by atoms with E-state index in [0.717, 1.165) is 0 Å². The molecule has 0 atom stereocenters. The highest BCUT2D eigenvalue weighted by Gasteiger charge is 2.16. The van der Waals surface area contributed by atoms with E-state index in [1.54, 1.807) is 0 Å². The van der Waals surface area contributed by atoms with Gasteiger partial charge in [-0.2, -0.15) is 0 Å². The lowest BCUT2D eigenvalue weighted by atomic mass is 9.86. The van der Waals surface area contributed by atoms with Crippen LogP contribution in [0.5, 0.6) is 0 Å². The van der Waals surface area contributed by atoms with Gasteiger partial charge in [0.2, 0.25) is 0 Å². The Kier molecular flexibility index (Phi) is 5.11. The smallest absolute Gasteiger partial charge is 0.0433 e. The van der Waals surface area contributed by atoms with Gasteiger partial charge >= 0.3 is 0 Å². The van der Waals surface area contributed by atoms with E-state index in [4.69, 9.17) is 0 Å². The van der Waals surface area contributed by atoms with Crippen molar-refractivity contribution < 1.29 is 0 Å². The SMILES string of the molecule is c1ccc(-c2c3ccccc3c(-c3ccc(-c4cccc5c4sc4ccccc45)cc3)c3ccccc23)cc1. The first-order valence-electron chi connectivity index (χ1n) is 13.4. The summed E-state index contributed by atoms with van der Waals surface area (Å²) in [5, 5.41) is 7.83. The zero-order valence-electron chi connectivity index (χ0n) is 21.3. The Morgan fingerprint density at radius 2 is 0.769 bits per heavy atom. The molecule has 0 spiro atoms. The molecule has 0 N–H and O–H groups in total. The van der Waals surface area contributed by atoms with Gasteiger partial charge in [0.05, 0.1) is 0 Å². The van der Waals surface area contributed by atoms with E-state index in [1.807, 2.05) is 11.3 Å². The molecule has 0 aliphatic heterocycles. The highest BCUT2D eigenvalue weighted by Crippen LogP contribution is 2.44. The maximum absolute atomic E-state index is 2.30. The maximum Gasteiger partial charge on any atom is 0.0433 e. The molecule has 0 fully saturated rings. The summed E-state index contributed by atoms with van der Waals surface area (Å²) in [7, 11) is 0. The Bertz CT molecular complexity index is 2090. The topological polar surface area (TPSA) is 0 Å². The summed E-state index contributed by atoms with van der Waals surface area (Å²) in [6.07, 6.45) is 0. The second-order valence-electron chi connectivity index (χ2n) is 10.1. The molecule has 0 aliphatic rings. The molecule has 39 heavy (non-hydrogen) atoms. The summed E-state index contributed by atoms with van der Waals surface area (Å²) in [5.41, 5.74) is 7.66. The fourth-order valence-electron chi connectivity index (χ4n) is 6.15. The second-order valence-corrected chi connectivity index (χ2v) is 11.1. The lowest BCUT2D eigenvalue weighted by Crippen LogP contribution is -1.90. The number of rotatable bonds is 3. The van der Waals surface area contributed by atoms with Crippen LogP contribution in [0.2, 0.25) is 0 Å². The lowest BCUT2D eigenvalue weighted by molar-refractivity contribution is 1.64. The molecule has 8 aromatic rings. The van der Waals surface area contributed by atoms with Gasteiger partial charge in [-0.25, -0.2) is 0 Å². The zero-order chi connectivity index (χ0) is 25.8. The van der Waals surface area contributed by atoms with E-state index in [-0.39, 0.29) is 0 Å². The monoisotopic (exact) mass is 512 g/mol. The van der Waals surface area contributed by atoms with Gasteiger partial charge in [0.15, 0.2) is 0 Å². The Labute approximate surface area is 231 Å². The minimum atomic E-state index is 1.24. The van der Waals surface area contributed by atoms with E-state index in [9.17, 15) is 0 Å². The van der Waals surface area contributed by atoms with Crippen molar-refractivity contribution in [1.82, 2.24) is 0 Å². The van der Waals surface area contributed by atoms with E-state index in [1.165, 1.54) is 75.1 Å². The van der Waals surface area contributed by atoms with Crippen molar-refractivity contribution in [2.45, 2.75) is 0 Å². The van der Waals surface area contributed by atoms with Crippen LogP contribution in [0, 0.1) is 0 Å². The van der Waals surface area contributed by atoms with Gasteiger partial charge < -0.3 is 0 Å². The first-order chi connectivity index (χ1) is 19.4. The van der Waals surface area contributed by atoms with Crippen LogP contribution in [0.25, 0.3) is 75.1 Å². The molecular weight excluding hydrogens is 488 g/mol. The van der Waals surface area contributed by atoms with Crippen LogP contribution in [0.1, 0.15) is 0 Å².